The fourth-order valence-electron chi connectivity index (χ4n) is 2.57. The summed E-state index contributed by atoms with van der Waals surface area (Å²) in [6.45, 7) is 0.213. The third-order valence-electron chi connectivity index (χ3n) is 4.01. The molecule has 1 N–H and O–H groups in total. The number of anilines is 1. The van der Waals surface area contributed by atoms with Crippen LogP contribution in [0.25, 0.3) is 0 Å². The van der Waals surface area contributed by atoms with Crippen LogP contribution >= 0.6 is 11.6 Å². The summed E-state index contributed by atoms with van der Waals surface area (Å²) < 4.78 is 29.2. The van der Waals surface area contributed by atoms with Gasteiger partial charge in [0.1, 0.15) is 12.4 Å². The van der Waals surface area contributed by atoms with Crippen LogP contribution in [0.2, 0.25) is 5.02 Å². The molecule has 0 aliphatic heterocycles. The lowest BCUT2D eigenvalue weighted by Gasteiger charge is -2.13. The fourth-order valence-corrected chi connectivity index (χ4v) is 3.38. The second-order valence-corrected chi connectivity index (χ2v) is 8.55. The lowest BCUT2D eigenvalue weighted by Crippen LogP contribution is -2.16. The highest BCUT2D eigenvalue weighted by atomic mass is 35.5. The average Bonchev–Trinajstić information content (AvgIpc) is 2.68. The number of para-hydroxylation sites is 1. The van der Waals surface area contributed by atoms with Crippen molar-refractivity contribution in [3.63, 3.8) is 0 Å². The molecule has 3 rings (SSSR count). The van der Waals surface area contributed by atoms with E-state index in [0.29, 0.717) is 16.9 Å². The Labute approximate surface area is 168 Å². The van der Waals surface area contributed by atoms with Crippen LogP contribution in [0.4, 0.5) is 5.69 Å². The first-order valence-electron chi connectivity index (χ1n) is 8.41. The van der Waals surface area contributed by atoms with E-state index in [2.05, 4.69) is 5.32 Å². The van der Waals surface area contributed by atoms with Gasteiger partial charge in [0, 0.05) is 17.4 Å². The first-order chi connectivity index (χ1) is 13.3. The number of sulfone groups is 1. The minimum Gasteiger partial charge on any atom is -0.489 e. The van der Waals surface area contributed by atoms with Gasteiger partial charge in [-0.05, 0) is 36.4 Å². The number of carbonyl (C=O) groups is 1. The van der Waals surface area contributed by atoms with Crippen LogP contribution in [0.5, 0.6) is 5.75 Å². The maximum Gasteiger partial charge on any atom is 0.256 e. The second-order valence-electron chi connectivity index (χ2n) is 6.13. The molecule has 0 radical (unpaired) electrons. The Morgan fingerprint density at radius 2 is 1.68 bits per heavy atom. The first kappa shape index (κ1) is 19.9. The van der Waals surface area contributed by atoms with Gasteiger partial charge in [0.25, 0.3) is 5.91 Å². The smallest absolute Gasteiger partial charge is 0.256 e. The van der Waals surface area contributed by atoms with Crippen molar-refractivity contribution in [1.29, 1.82) is 0 Å². The summed E-state index contributed by atoms with van der Waals surface area (Å²) in [5, 5.41) is 2.94. The van der Waals surface area contributed by atoms with Crippen LogP contribution in [-0.2, 0) is 16.4 Å². The molecule has 5 nitrogen and oxygen atoms in total. The van der Waals surface area contributed by atoms with Gasteiger partial charge in [0.15, 0.2) is 9.84 Å². The average molecular weight is 416 g/mol. The Balaban J connectivity index is 1.82. The molecule has 7 heteroatoms. The largest absolute Gasteiger partial charge is 0.489 e. The van der Waals surface area contributed by atoms with E-state index < -0.39 is 15.7 Å². The topological polar surface area (TPSA) is 72.5 Å². The zero-order valence-electron chi connectivity index (χ0n) is 15.1. The SMILES string of the molecule is CS(=O)(=O)c1ccc(Cl)c(NC(=O)c2ccccc2COc2ccccc2)c1. The molecule has 0 saturated heterocycles. The van der Waals surface area contributed by atoms with Crippen molar-refractivity contribution in [3.05, 3.63) is 88.9 Å². The molecule has 0 heterocycles. The molecule has 0 aliphatic rings. The summed E-state index contributed by atoms with van der Waals surface area (Å²) >= 11 is 6.12. The van der Waals surface area contributed by atoms with Gasteiger partial charge >= 0.3 is 0 Å². The summed E-state index contributed by atoms with van der Waals surface area (Å²) in [6.07, 6.45) is 1.10. The van der Waals surface area contributed by atoms with E-state index in [1.54, 1.807) is 18.2 Å². The standard InChI is InChI=1S/C21H18ClNO4S/c1-28(25,26)17-11-12-19(22)20(13-17)23-21(24)18-10-6-5-7-15(18)14-27-16-8-3-2-4-9-16/h2-13H,14H2,1H3,(H,23,24). The van der Waals surface area contributed by atoms with E-state index in [1.807, 2.05) is 36.4 Å². The number of carbonyl (C=O) groups excluding carboxylic acids is 1. The van der Waals surface area contributed by atoms with E-state index >= 15 is 0 Å². The lowest BCUT2D eigenvalue weighted by molar-refractivity contribution is 0.102. The highest BCUT2D eigenvalue weighted by Crippen LogP contribution is 2.26. The first-order valence-corrected chi connectivity index (χ1v) is 10.7. The maximum absolute atomic E-state index is 12.8. The number of benzene rings is 3. The van der Waals surface area contributed by atoms with Crippen molar-refractivity contribution in [2.45, 2.75) is 11.5 Å². The summed E-state index contributed by atoms with van der Waals surface area (Å²) in [7, 11) is -3.42. The van der Waals surface area contributed by atoms with Gasteiger partial charge in [-0.3, -0.25) is 4.79 Å². The zero-order valence-corrected chi connectivity index (χ0v) is 16.6. The molecular weight excluding hydrogens is 398 g/mol. The van der Waals surface area contributed by atoms with Crippen molar-refractivity contribution in [2.75, 3.05) is 11.6 Å². The number of nitrogens with one attached hydrogen (secondary N) is 1. The number of hydrogen-bond donors (Lipinski definition) is 1. The third kappa shape index (κ3) is 4.91. The molecule has 0 aromatic heterocycles. The molecular formula is C21H18ClNO4S. The van der Waals surface area contributed by atoms with Crippen molar-refractivity contribution in [3.8, 4) is 5.75 Å². The van der Waals surface area contributed by atoms with Crippen LogP contribution in [0.15, 0.2) is 77.7 Å². The minimum absolute atomic E-state index is 0.0768. The molecule has 0 saturated carbocycles. The quantitative estimate of drug-likeness (QED) is 0.639. The second kappa shape index (κ2) is 8.46. The zero-order chi connectivity index (χ0) is 20.1. The highest BCUT2D eigenvalue weighted by molar-refractivity contribution is 7.90. The van der Waals surface area contributed by atoms with Gasteiger partial charge in [0.05, 0.1) is 15.6 Å². The van der Waals surface area contributed by atoms with E-state index in [4.69, 9.17) is 16.3 Å². The number of hydrogen-bond acceptors (Lipinski definition) is 4. The van der Waals surface area contributed by atoms with Crippen molar-refractivity contribution >= 4 is 33.0 Å². The van der Waals surface area contributed by atoms with Gasteiger partial charge in [-0.2, -0.15) is 0 Å². The van der Waals surface area contributed by atoms with Gasteiger partial charge in [-0.25, -0.2) is 8.42 Å². The van der Waals surface area contributed by atoms with E-state index in [9.17, 15) is 13.2 Å². The van der Waals surface area contributed by atoms with Crippen molar-refractivity contribution < 1.29 is 17.9 Å². The van der Waals surface area contributed by atoms with Crippen LogP contribution in [-0.4, -0.2) is 20.6 Å². The molecule has 0 unspecified atom stereocenters. The van der Waals surface area contributed by atoms with Crippen LogP contribution in [0.3, 0.4) is 0 Å². The number of ether oxygens (including phenoxy) is 1. The normalized spacial score (nSPS) is 11.1. The van der Waals surface area contributed by atoms with Gasteiger partial charge in [0.2, 0.25) is 0 Å². The number of amides is 1. The number of rotatable bonds is 6. The van der Waals surface area contributed by atoms with Crippen LogP contribution in [0, 0.1) is 0 Å². The summed E-state index contributed by atoms with van der Waals surface area (Å²) in [4.78, 5) is 12.9. The summed E-state index contributed by atoms with van der Waals surface area (Å²) in [5.41, 5.74) is 1.34. The third-order valence-corrected chi connectivity index (χ3v) is 5.45. The molecule has 3 aromatic carbocycles. The van der Waals surface area contributed by atoms with Gasteiger partial charge in [-0.15, -0.1) is 0 Å². The predicted octanol–water partition coefficient (Wildman–Crippen LogP) is 4.57. The monoisotopic (exact) mass is 415 g/mol. The Bertz CT molecular complexity index is 1100. The highest BCUT2D eigenvalue weighted by Gasteiger charge is 2.15. The Kier molecular flexibility index (Phi) is 6.02. The minimum atomic E-state index is -3.42. The van der Waals surface area contributed by atoms with E-state index in [1.165, 1.54) is 18.2 Å². The fraction of sp³-hybridized carbons (Fsp3) is 0.0952. The molecule has 0 spiro atoms. The van der Waals surface area contributed by atoms with E-state index in [0.717, 1.165) is 6.26 Å². The summed E-state index contributed by atoms with van der Waals surface area (Å²) in [5.74, 6) is 0.293. The van der Waals surface area contributed by atoms with Crippen molar-refractivity contribution in [1.82, 2.24) is 0 Å². The Morgan fingerprint density at radius 1 is 1.00 bits per heavy atom. The Hall–Kier alpha value is -2.83. The van der Waals surface area contributed by atoms with Crippen LogP contribution < -0.4 is 10.1 Å². The Morgan fingerprint density at radius 3 is 2.39 bits per heavy atom. The summed E-state index contributed by atoms with van der Waals surface area (Å²) in [6, 6.07) is 20.5. The van der Waals surface area contributed by atoms with Crippen LogP contribution in [0.1, 0.15) is 15.9 Å². The molecule has 3 aromatic rings. The molecule has 0 atom stereocenters. The number of halogens is 1. The molecule has 1 amide bonds. The molecule has 0 fully saturated rings. The maximum atomic E-state index is 12.8. The van der Waals surface area contributed by atoms with Gasteiger partial charge < -0.3 is 10.1 Å². The molecule has 0 bridgehead atoms. The van der Waals surface area contributed by atoms with Gasteiger partial charge in [-0.1, -0.05) is 48.0 Å². The lowest BCUT2D eigenvalue weighted by atomic mass is 10.1. The van der Waals surface area contributed by atoms with E-state index in [-0.39, 0.29) is 22.2 Å². The molecule has 0 aliphatic carbocycles. The molecule has 144 valence electrons. The van der Waals surface area contributed by atoms with Crippen molar-refractivity contribution in [2.24, 2.45) is 0 Å². The predicted molar refractivity (Wildman–Crippen MR) is 110 cm³/mol. The molecule has 28 heavy (non-hydrogen) atoms.